The van der Waals surface area contributed by atoms with Gasteiger partial charge in [0.25, 0.3) is 0 Å². The van der Waals surface area contributed by atoms with Gasteiger partial charge in [0.15, 0.2) is 0 Å². The van der Waals surface area contributed by atoms with Gasteiger partial charge in [-0.25, -0.2) is 0 Å². The molecule has 21 heavy (non-hydrogen) atoms. The molecule has 2 aliphatic heterocycles. The van der Waals surface area contributed by atoms with E-state index in [9.17, 15) is 0 Å². The van der Waals surface area contributed by atoms with Crippen LogP contribution in [0.3, 0.4) is 0 Å². The Bertz CT molecular complexity index is 469. The molecule has 1 N–H and O–H groups in total. The maximum absolute atomic E-state index is 3.53. The standard InChI is InChI=1S/C17H29N3S/c1-13(2)18-10-17-9-15(14(3)21-17)11-19-7-8-20-6-4-5-16(20)12-19/h9,13,16,18H,4-8,10-12H2,1-3H3. The highest BCUT2D eigenvalue weighted by molar-refractivity contribution is 7.12. The van der Waals surface area contributed by atoms with Gasteiger partial charge in [0, 0.05) is 54.6 Å². The highest BCUT2D eigenvalue weighted by Crippen LogP contribution is 2.26. The molecule has 0 aromatic carbocycles. The molecule has 3 nitrogen and oxygen atoms in total. The number of piperazine rings is 1. The maximum Gasteiger partial charge on any atom is 0.0302 e. The molecule has 1 aromatic heterocycles. The van der Waals surface area contributed by atoms with Crippen LogP contribution in [0.1, 0.15) is 42.0 Å². The summed E-state index contributed by atoms with van der Waals surface area (Å²) < 4.78 is 0. The van der Waals surface area contributed by atoms with Crippen molar-refractivity contribution in [1.29, 1.82) is 0 Å². The first kappa shape index (κ1) is 15.5. The van der Waals surface area contributed by atoms with Gasteiger partial charge in [-0.2, -0.15) is 0 Å². The van der Waals surface area contributed by atoms with E-state index in [1.54, 1.807) is 5.56 Å². The van der Waals surface area contributed by atoms with Gasteiger partial charge >= 0.3 is 0 Å². The molecule has 1 aromatic rings. The summed E-state index contributed by atoms with van der Waals surface area (Å²) in [5.74, 6) is 0. The van der Waals surface area contributed by atoms with E-state index < -0.39 is 0 Å². The van der Waals surface area contributed by atoms with E-state index >= 15 is 0 Å². The minimum Gasteiger partial charge on any atom is -0.310 e. The van der Waals surface area contributed by atoms with Crippen molar-refractivity contribution in [2.75, 3.05) is 26.2 Å². The fourth-order valence-corrected chi connectivity index (χ4v) is 4.58. The predicted molar refractivity (Wildman–Crippen MR) is 90.9 cm³/mol. The molecule has 2 aliphatic rings. The highest BCUT2D eigenvalue weighted by atomic mass is 32.1. The van der Waals surface area contributed by atoms with E-state index in [2.05, 4.69) is 42.0 Å². The molecule has 4 heteroatoms. The van der Waals surface area contributed by atoms with E-state index in [0.29, 0.717) is 6.04 Å². The van der Waals surface area contributed by atoms with Crippen molar-refractivity contribution in [2.24, 2.45) is 0 Å². The molecule has 118 valence electrons. The number of aryl methyl sites for hydroxylation is 1. The van der Waals surface area contributed by atoms with Gasteiger partial charge < -0.3 is 5.32 Å². The third kappa shape index (κ3) is 3.86. The Morgan fingerprint density at radius 3 is 3.00 bits per heavy atom. The number of rotatable bonds is 5. The predicted octanol–water partition coefficient (Wildman–Crippen LogP) is 2.83. The quantitative estimate of drug-likeness (QED) is 0.902. The zero-order chi connectivity index (χ0) is 14.8. The van der Waals surface area contributed by atoms with Crippen molar-refractivity contribution in [2.45, 2.75) is 58.8 Å². The van der Waals surface area contributed by atoms with Crippen LogP contribution in [-0.4, -0.2) is 48.1 Å². The van der Waals surface area contributed by atoms with Crippen LogP contribution in [0.15, 0.2) is 6.07 Å². The lowest BCUT2D eigenvalue weighted by molar-refractivity contribution is 0.0993. The van der Waals surface area contributed by atoms with Crippen LogP contribution >= 0.6 is 11.3 Å². The van der Waals surface area contributed by atoms with Crippen molar-refractivity contribution >= 4 is 11.3 Å². The van der Waals surface area contributed by atoms with Crippen molar-refractivity contribution in [3.8, 4) is 0 Å². The molecular weight excluding hydrogens is 278 g/mol. The molecule has 1 atom stereocenters. The van der Waals surface area contributed by atoms with Gasteiger partial charge in [0.1, 0.15) is 0 Å². The largest absolute Gasteiger partial charge is 0.310 e. The number of fused-ring (bicyclic) bond motifs is 1. The minimum absolute atomic E-state index is 0.561. The SMILES string of the molecule is Cc1sc(CNC(C)C)cc1CN1CCN2CCCC2C1. The molecular formula is C17H29N3S. The summed E-state index contributed by atoms with van der Waals surface area (Å²) in [6.07, 6.45) is 2.81. The van der Waals surface area contributed by atoms with Gasteiger partial charge in [-0.3, -0.25) is 9.80 Å². The summed E-state index contributed by atoms with van der Waals surface area (Å²) in [5.41, 5.74) is 1.55. The van der Waals surface area contributed by atoms with Gasteiger partial charge in [0.05, 0.1) is 0 Å². The summed E-state index contributed by atoms with van der Waals surface area (Å²) in [5, 5.41) is 3.53. The fraction of sp³-hybridized carbons (Fsp3) is 0.765. The van der Waals surface area contributed by atoms with E-state index in [0.717, 1.165) is 19.1 Å². The van der Waals surface area contributed by atoms with Crippen LogP contribution in [0, 0.1) is 6.92 Å². The van der Waals surface area contributed by atoms with Crippen LogP contribution in [0.25, 0.3) is 0 Å². The molecule has 0 radical (unpaired) electrons. The number of hydrogen-bond acceptors (Lipinski definition) is 4. The maximum atomic E-state index is 3.53. The van der Waals surface area contributed by atoms with Crippen LogP contribution in [0.5, 0.6) is 0 Å². The van der Waals surface area contributed by atoms with E-state index in [1.807, 2.05) is 11.3 Å². The Labute approximate surface area is 133 Å². The third-order valence-corrected chi connectivity index (χ3v) is 5.91. The zero-order valence-corrected chi connectivity index (χ0v) is 14.5. The molecule has 0 saturated carbocycles. The molecule has 3 rings (SSSR count). The molecule has 2 fully saturated rings. The number of nitrogens with one attached hydrogen (secondary N) is 1. The molecule has 1 unspecified atom stereocenters. The molecule has 2 saturated heterocycles. The number of nitrogens with zero attached hydrogens (tertiary/aromatic N) is 2. The molecule has 0 spiro atoms. The van der Waals surface area contributed by atoms with Crippen molar-refractivity contribution in [3.63, 3.8) is 0 Å². The van der Waals surface area contributed by atoms with Crippen LogP contribution in [0.4, 0.5) is 0 Å². The monoisotopic (exact) mass is 307 g/mol. The Kier molecular flexibility index (Phi) is 4.99. The van der Waals surface area contributed by atoms with Crippen molar-refractivity contribution in [1.82, 2.24) is 15.1 Å². The summed E-state index contributed by atoms with van der Waals surface area (Å²) >= 11 is 1.96. The van der Waals surface area contributed by atoms with Crippen LogP contribution < -0.4 is 5.32 Å². The lowest BCUT2D eigenvalue weighted by Crippen LogP contribution is -2.49. The van der Waals surface area contributed by atoms with Gasteiger partial charge in [0.2, 0.25) is 0 Å². The molecule has 0 aliphatic carbocycles. The van der Waals surface area contributed by atoms with Crippen molar-refractivity contribution < 1.29 is 0 Å². The summed E-state index contributed by atoms with van der Waals surface area (Å²) in [7, 11) is 0. The number of thiophene rings is 1. The van der Waals surface area contributed by atoms with Crippen molar-refractivity contribution in [3.05, 3.63) is 21.4 Å². The van der Waals surface area contributed by atoms with Gasteiger partial charge in [-0.15, -0.1) is 11.3 Å². The zero-order valence-electron chi connectivity index (χ0n) is 13.7. The van der Waals surface area contributed by atoms with E-state index in [1.165, 1.54) is 48.8 Å². The molecule has 3 heterocycles. The number of hydrogen-bond donors (Lipinski definition) is 1. The lowest BCUT2D eigenvalue weighted by atomic mass is 10.1. The lowest BCUT2D eigenvalue weighted by Gasteiger charge is -2.37. The van der Waals surface area contributed by atoms with Crippen LogP contribution in [0.2, 0.25) is 0 Å². The summed E-state index contributed by atoms with van der Waals surface area (Å²) in [6, 6.07) is 3.82. The normalized spacial score (nSPS) is 23.9. The Morgan fingerprint density at radius 1 is 1.33 bits per heavy atom. The first-order valence-electron chi connectivity index (χ1n) is 8.40. The summed E-state index contributed by atoms with van der Waals surface area (Å²) in [6.45, 7) is 14.0. The molecule has 0 amide bonds. The van der Waals surface area contributed by atoms with Gasteiger partial charge in [-0.05, 0) is 37.9 Å². The average Bonchev–Trinajstić information content (AvgIpc) is 3.03. The summed E-state index contributed by atoms with van der Waals surface area (Å²) in [4.78, 5) is 8.34. The molecule has 0 bridgehead atoms. The second-order valence-electron chi connectivity index (χ2n) is 6.90. The highest BCUT2D eigenvalue weighted by Gasteiger charge is 2.30. The Hall–Kier alpha value is -0.420. The Balaban J connectivity index is 1.57. The average molecular weight is 308 g/mol. The minimum atomic E-state index is 0.561. The first-order valence-corrected chi connectivity index (χ1v) is 9.21. The second-order valence-corrected chi connectivity index (χ2v) is 8.24. The van der Waals surface area contributed by atoms with E-state index in [4.69, 9.17) is 0 Å². The second kappa shape index (κ2) is 6.78. The fourth-order valence-electron chi connectivity index (χ4n) is 3.58. The smallest absolute Gasteiger partial charge is 0.0302 e. The first-order chi connectivity index (χ1) is 10.1. The Morgan fingerprint density at radius 2 is 2.19 bits per heavy atom. The van der Waals surface area contributed by atoms with E-state index in [-0.39, 0.29) is 0 Å². The topological polar surface area (TPSA) is 18.5 Å². The van der Waals surface area contributed by atoms with Gasteiger partial charge in [-0.1, -0.05) is 13.8 Å². The van der Waals surface area contributed by atoms with Crippen LogP contribution in [-0.2, 0) is 13.1 Å². The third-order valence-electron chi connectivity index (χ3n) is 4.82.